The Morgan fingerprint density at radius 1 is 1.33 bits per heavy atom. The normalized spacial score (nSPS) is 13.6. The van der Waals surface area contributed by atoms with Gasteiger partial charge in [-0.1, -0.05) is 19.1 Å². The number of sulfone groups is 1. The number of halogens is 2. The van der Waals surface area contributed by atoms with Gasteiger partial charge >= 0.3 is 0 Å². The number of alkyl halides is 2. The first-order valence-corrected chi connectivity index (χ1v) is 7.05. The third kappa shape index (κ3) is 3.64. The Morgan fingerprint density at radius 2 is 1.94 bits per heavy atom. The minimum atomic E-state index is -3.43. The van der Waals surface area contributed by atoms with Crippen LogP contribution in [-0.4, -0.2) is 38.4 Å². The van der Waals surface area contributed by atoms with E-state index < -0.39 is 28.9 Å². The summed E-state index contributed by atoms with van der Waals surface area (Å²) in [4.78, 5) is 0.0500. The molecule has 102 valence electrons. The molecule has 0 bridgehead atoms. The number of nitrogens with one attached hydrogen (secondary N) is 1. The van der Waals surface area contributed by atoms with Crippen LogP contribution in [0.4, 0.5) is 14.5 Å². The Kier molecular flexibility index (Phi) is 5.03. The van der Waals surface area contributed by atoms with Gasteiger partial charge in [0, 0.05) is 6.54 Å². The second-order valence-corrected chi connectivity index (χ2v) is 5.93. The Balaban J connectivity index is 2.91. The van der Waals surface area contributed by atoms with Crippen molar-refractivity contribution in [3.8, 4) is 0 Å². The van der Waals surface area contributed by atoms with E-state index in [-0.39, 0.29) is 16.3 Å². The smallest absolute Gasteiger partial charge is 0.265 e. The van der Waals surface area contributed by atoms with Gasteiger partial charge < -0.3 is 10.4 Å². The first kappa shape index (κ1) is 14.8. The molecular weight excluding hydrogens is 264 g/mol. The number of benzene rings is 1. The lowest BCUT2D eigenvalue weighted by atomic mass is 10.3. The molecule has 0 saturated carbocycles. The highest BCUT2D eigenvalue weighted by Crippen LogP contribution is 2.22. The summed E-state index contributed by atoms with van der Waals surface area (Å²) in [5, 5.41) is 11.5. The fourth-order valence-electron chi connectivity index (χ4n) is 1.34. The van der Waals surface area contributed by atoms with Gasteiger partial charge in [-0.05, 0) is 12.1 Å². The first-order valence-electron chi connectivity index (χ1n) is 5.40. The largest absolute Gasteiger partial charge is 0.385 e. The van der Waals surface area contributed by atoms with E-state index in [1.807, 2.05) is 0 Å². The summed E-state index contributed by atoms with van der Waals surface area (Å²) >= 11 is 0. The summed E-state index contributed by atoms with van der Waals surface area (Å²) in [7, 11) is -3.43. The highest BCUT2D eigenvalue weighted by Gasteiger charge is 2.19. The summed E-state index contributed by atoms with van der Waals surface area (Å²) in [6, 6.07) is 6.01. The van der Waals surface area contributed by atoms with Crippen molar-refractivity contribution in [3.05, 3.63) is 24.3 Å². The van der Waals surface area contributed by atoms with Gasteiger partial charge in [0.15, 0.2) is 9.84 Å². The average Bonchev–Trinajstić information content (AvgIpc) is 2.36. The molecule has 0 amide bonds. The molecule has 0 spiro atoms. The summed E-state index contributed by atoms with van der Waals surface area (Å²) in [5.74, 6) is -0.0803. The van der Waals surface area contributed by atoms with Gasteiger partial charge in [0.25, 0.3) is 6.43 Å². The van der Waals surface area contributed by atoms with Crippen LogP contribution in [0.3, 0.4) is 0 Å². The van der Waals surface area contributed by atoms with E-state index in [0.29, 0.717) is 0 Å². The molecule has 0 fully saturated rings. The molecule has 1 atom stereocenters. The van der Waals surface area contributed by atoms with E-state index in [1.165, 1.54) is 19.1 Å². The molecule has 0 saturated heterocycles. The monoisotopic (exact) mass is 279 g/mol. The Labute approximate surface area is 105 Å². The van der Waals surface area contributed by atoms with Crippen molar-refractivity contribution >= 4 is 15.5 Å². The zero-order chi connectivity index (χ0) is 13.8. The molecule has 1 aromatic carbocycles. The summed E-state index contributed by atoms with van der Waals surface area (Å²) in [5.41, 5.74) is 0.221. The molecule has 1 aromatic rings. The van der Waals surface area contributed by atoms with Gasteiger partial charge in [0.1, 0.15) is 6.10 Å². The van der Waals surface area contributed by atoms with E-state index in [1.54, 1.807) is 12.1 Å². The molecule has 0 radical (unpaired) electrons. The lowest BCUT2D eigenvalue weighted by Crippen LogP contribution is -2.27. The first-order chi connectivity index (χ1) is 8.38. The topological polar surface area (TPSA) is 66.4 Å². The highest BCUT2D eigenvalue weighted by molar-refractivity contribution is 7.91. The molecule has 7 heteroatoms. The van der Waals surface area contributed by atoms with Gasteiger partial charge in [-0.2, -0.15) is 0 Å². The molecule has 1 rings (SSSR count). The number of aliphatic hydroxyl groups is 1. The van der Waals surface area contributed by atoms with Crippen LogP contribution in [0.15, 0.2) is 29.2 Å². The van der Waals surface area contributed by atoms with E-state index >= 15 is 0 Å². The Hall–Kier alpha value is -1.21. The lowest BCUT2D eigenvalue weighted by molar-refractivity contribution is 0.00382. The van der Waals surface area contributed by atoms with E-state index in [4.69, 9.17) is 5.11 Å². The number of anilines is 1. The van der Waals surface area contributed by atoms with Gasteiger partial charge in [0.05, 0.1) is 16.3 Å². The maximum atomic E-state index is 12.1. The SMILES string of the molecule is CCS(=O)(=O)c1ccccc1NCC(O)C(F)F. The van der Waals surface area contributed by atoms with Crippen LogP contribution >= 0.6 is 0 Å². The number of rotatable bonds is 6. The fourth-order valence-corrected chi connectivity index (χ4v) is 2.42. The van der Waals surface area contributed by atoms with Crippen molar-refractivity contribution in [2.45, 2.75) is 24.3 Å². The van der Waals surface area contributed by atoms with Crippen molar-refractivity contribution in [2.24, 2.45) is 0 Å². The third-order valence-corrected chi connectivity index (χ3v) is 4.18. The van der Waals surface area contributed by atoms with Crippen LogP contribution in [0.1, 0.15) is 6.92 Å². The third-order valence-electron chi connectivity index (χ3n) is 2.39. The maximum absolute atomic E-state index is 12.1. The second-order valence-electron chi connectivity index (χ2n) is 3.68. The highest BCUT2D eigenvalue weighted by atomic mass is 32.2. The van der Waals surface area contributed by atoms with Crippen LogP contribution < -0.4 is 5.32 Å². The van der Waals surface area contributed by atoms with E-state index in [2.05, 4.69) is 5.32 Å². The fraction of sp³-hybridized carbons (Fsp3) is 0.455. The quantitative estimate of drug-likeness (QED) is 0.828. The van der Waals surface area contributed by atoms with E-state index in [9.17, 15) is 17.2 Å². The zero-order valence-electron chi connectivity index (χ0n) is 9.81. The number of para-hydroxylation sites is 1. The maximum Gasteiger partial charge on any atom is 0.265 e. The van der Waals surface area contributed by atoms with Crippen LogP contribution in [-0.2, 0) is 9.84 Å². The van der Waals surface area contributed by atoms with Gasteiger partial charge in [-0.3, -0.25) is 0 Å². The van der Waals surface area contributed by atoms with Crippen molar-refractivity contribution in [1.82, 2.24) is 0 Å². The van der Waals surface area contributed by atoms with Crippen molar-refractivity contribution < 1.29 is 22.3 Å². The van der Waals surface area contributed by atoms with Crippen LogP contribution in [0.5, 0.6) is 0 Å². The van der Waals surface area contributed by atoms with Crippen LogP contribution in [0.2, 0.25) is 0 Å². The molecule has 0 aromatic heterocycles. The van der Waals surface area contributed by atoms with Crippen molar-refractivity contribution in [2.75, 3.05) is 17.6 Å². The number of hydrogen-bond acceptors (Lipinski definition) is 4. The molecule has 2 N–H and O–H groups in total. The van der Waals surface area contributed by atoms with Crippen LogP contribution in [0, 0.1) is 0 Å². The molecule has 0 heterocycles. The van der Waals surface area contributed by atoms with Gasteiger partial charge in [-0.15, -0.1) is 0 Å². The zero-order valence-corrected chi connectivity index (χ0v) is 10.6. The summed E-state index contributed by atoms with van der Waals surface area (Å²) in [6.07, 6.45) is -4.70. The number of hydrogen-bond donors (Lipinski definition) is 2. The molecular formula is C11H15F2NO3S. The molecule has 0 aliphatic carbocycles. The lowest BCUT2D eigenvalue weighted by Gasteiger charge is -2.14. The average molecular weight is 279 g/mol. The Morgan fingerprint density at radius 3 is 2.50 bits per heavy atom. The molecule has 0 aliphatic rings. The standard InChI is InChI=1S/C11H15F2NO3S/c1-2-18(16,17)10-6-4-3-5-8(10)14-7-9(15)11(12)13/h3-6,9,11,14-15H,2,7H2,1H3. The predicted molar refractivity (Wildman–Crippen MR) is 64.7 cm³/mol. The summed E-state index contributed by atoms with van der Waals surface area (Å²) < 4.78 is 47.7. The number of aliphatic hydroxyl groups excluding tert-OH is 1. The van der Waals surface area contributed by atoms with Gasteiger partial charge in [0.2, 0.25) is 0 Å². The van der Waals surface area contributed by atoms with Crippen LogP contribution in [0.25, 0.3) is 0 Å². The van der Waals surface area contributed by atoms with Gasteiger partial charge in [-0.25, -0.2) is 17.2 Å². The minimum absolute atomic E-state index is 0.0500. The molecule has 1 unspecified atom stereocenters. The van der Waals surface area contributed by atoms with Crippen molar-refractivity contribution in [1.29, 1.82) is 0 Å². The Bertz CT molecular complexity index is 491. The predicted octanol–water partition coefficient (Wildman–Crippen LogP) is 1.52. The van der Waals surface area contributed by atoms with Crippen molar-refractivity contribution in [3.63, 3.8) is 0 Å². The minimum Gasteiger partial charge on any atom is -0.385 e. The molecule has 18 heavy (non-hydrogen) atoms. The van der Waals surface area contributed by atoms with E-state index in [0.717, 1.165) is 0 Å². The molecule has 0 aliphatic heterocycles. The molecule has 4 nitrogen and oxygen atoms in total. The second kappa shape index (κ2) is 6.10. The summed E-state index contributed by atoms with van der Waals surface area (Å²) in [6.45, 7) is 1.09.